The first-order valence-electron chi connectivity index (χ1n) is 10.6. The lowest BCUT2D eigenvalue weighted by Crippen LogP contribution is -2.00. The molecule has 33 heavy (non-hydrogen) atoms. The summed E-state index contributed by atoms with van der Waals surface area (Å²) in [6.45, 7) is 4.24. The highest BCUT2D eigenvalue weighted by Crippen LogP contribution is 2.32. The minimum atomic E-state index is 0.363. The summed E-state index contributed by atoms with van der Waals surface area (Å²) in [5.41, 5.74) is 12.1. The maximum atomic E-state index is 5.89. The Bertz CT molecular complexity index is 1460. The monoisotopic (exact) mass is 437 g/mol. The van der Waals surface area contributed by atoms with Crippen LogP contribution in [0.5, 0.6) is 0 Å². The van der Waals surface area contributed by atoms with Crippen LogP contribution < -0.4 is 11.1 Å². The summed E-state index contributed by atoms with van der Waals surface area (Å²) in [6, 6.07) is 11.5. The Kier molecular flexibility index (Phi) is 5.14. The summed E-state index contributed by atoms with van der Waals surface area (Å²) < 4.78 is 1.78. The number of anilines is 3. The number of pyridine rings is 3. The maximum Gasteiger partial charge on any atom is 0.154 e. The highest BCUT2D eigenvalue weighted by atomic mass is 15.3. The van der Waals surface area contributed by atoms with E-state index in [0.717, 1.165) is 39.0 Å². The molecule has 0 atom stereocenters. The summed E-state index contributed by atoms with van der Waals surface area (Å²) >= 11 is 0. The Morgan fingerprint density at radius 2 is 1.82 bits per heavy atom. The third kappa shape index (κ3) is 4.20. The molecule has 0 aromatic carbocycles. The van der Waals surface area contributed by atoms with E-state index in [1.165, 1.54) is 0 Å². The minimum Gasteiger partial charge on any atom is -0.384 e. The van der Waals surface area contributed by atoms with Crippen molar-refractivity contribution in [1.29, 1.82) is 0 Å². The number of aryl methyl sites for hydroxylation is 1. The second kappa shape index (κ2) is 8.27. The molecule has 0 aliphatic heterocycles. The minimum absolute atomic E-state index is 0.363. The quantitative estimate of drug-likeness (QED) is 0.417. The third-order valence-electron chi connectivity index (χ3n) is 5.33. The van der Waals surface area contributed by atoms with Crippen LogP contribution in [0.4, 0.5) is 17.5 Å². The number of nitrogens with zero attached hydrogens (tertiary/aromatic N) is 7. The van der Waals surface area contributed by atoms with E-state index < -0.39 is 0 Å². The van der Waals surface area contributed by atoms with Crippen LogP contribution in [0.3, 0.4) is 0 Å². The van der Waals surface area contributed by atoms with E-state index >= 15 is 0 Å². The van der Waals surface area contributed by atoms with Gasteiger partial charge in [-0.05, 0) is 47.9 Å². The topological polar surface area (TPSA) is 120 Å². The largest absolute Gasteiger partial charge is 0.384 e. The average Bonchev–Trinajstić information content (AvgIpc) is 3.20. The summed E-state index contributed by atoms with van der Waals surface area (Å²) in [5, 5.41) is 16.1. The van der Waals surface area contributed by atoms with Crippen molar-refractivity contribution >= 4 is 28.5 Å². The number of hydrogen-bond donors (Lipinski definition) is 2. The van der Waals surface area contributed by atoms with Crippen molar-refractivity contribution in [3.8, 4) is 22.4 Å². The molecule has 5 heterocycles. The van der Waals surface area contributed by atoms with E-state index in [1.54, 1.807) is 17.1 Å². The van der Waals surface area contributed by atoms with E-state index in [2.05, 4.69) is 44.4 Å². The van der Waals surface area contributed by atoms with Crippen LogP contribution in [0.15, 0.2) is 61.2 Å². The fourth-order valence-electron chi connectivity index (χ4n) is 3.62. The molecule has 0 fully saturated rings. The van der Waals surface area contributed by atoms with Crippen molar-refractivity contribution in [3.05, 3.63) is 66.7 Å². The Morgan fingerprint density at radius 3 is 2.64 bits per heavy atom. The number of nitrogen functional groups attached to an aromatic ring is 1. The average molecular weight is 438 g/mol. The lowest BCUT2D eigenvalue weighted by molar-refractivity contribution is 0.771. The SMILES string of the molecule is CC(C)c1cnnc(Nc2ccc3ncc(-c4cn(C)nc4-c4ccnc(N)c4)cc3n2)c1. The molecule has 5 aromatic rings. The van der Waals surface area contributed by atoms with Crippen LogP contribution in [0, 0.1) is 0 Å². The molecule has 5 rings (SSSR count). The van der Waals surface area contributed by atoms with Gasteiger partial charge in [-0.15, -0.1) is 5.10 Å². The maximum absolute atomic E-state index is 5.89. The number of rotatable bonds is 5. The predicted molar refractivity (Wildman–Crippen MR) is 129 cm³/mol. The van der Waals surface area contributed by atoms with Gasteiger partial charge in [0.25, 0.3) is 0 Å². The van der Waals surface area contributed by atoms with Crippen molar-refractivity contribution in [3.63, 3.8) is 0 Å². The van der Waals surface area contributed by atoms with Gasteiger partial charge in [-0.25, -0.2) is 9.97 Å². The molecule has 9 heteroatoms. The standard InChI is InChI=1S/C24H23N9/c1-14(2)16-10-23(31-28-12-16)30-22-5-4-19-20(29-22)8-17(11-27-19)18-13-33(3)32-24(18)15-6-7-26-21(25)9-15/h4-14H,1-3H3,(H2,25,26)(H,29,30,31). The number of hydrogen-bond acceptors (Lipinski definition) is 8. The van der Waals surface area contributed by atoms with Gasteiger partial charge in [-0.1, -0.05) is 13.8 Å². The van der Waals surface area contributed by atoms with E-state index in [1.807, 2.05) is 55.8 Å². The molecule has 0 spiro atoms. The van der Waals surface area contributed by atoms with Crippen LogP contribution >= 0.6 is 0 Å². The molecule has 0 saturated heterocycles. The first-order chi connectivity index (χ1) is 16.0. The molecule has 0 aliphatic rings. The second-order valence-electron chi connectivity index (χ2n) is 8.15. The van der Waals surface area contributed by atoms with E-state index in [9.17, 15) is 0 Å². The fraction of sp³-hybridized carbons (Fsp3) is 0.167. The van der Waals surface area contributed by atoms with Gasteiger partial charge < -0.3 is 11.1 Å². The van der Waals surface area contributed by atoms with Gasteiger partial charge in [0.1, 0.15) is 17.3 Å². The summed E-state index contributed by atoms with van der Waals surface area (Å²) in [4.78, 5) is 13.4. The second-order valence-corrected chi connectivity index (χ2v) is 8.15. The highest BCUT2D eigenvalue weighted by molar-refractivity contribution is 5.86. The van der Waals surface area contributed by atoms with Gasteiger partial charge in [-0.3, -0.25) is 9.67 Å². The normalized spacial score (nSPS) is 11.3. The van der Waals surface area contributed by atoms with Gasteiger partial charge in [0.15, 0.2) is 5.82 Å². The van der Waals surface area contributed by atoms with Crippen molar-refractivity contribution < 1.29 is 0 Å². The van der Waals surface area contributed by atoms with E-state index in [4.69, 9.17) is 10.7 Å². The number of nitrogens with one attached hydrogen (secondary N) is 1. The first-order valence-corrected chi connectivity index (χ1v) is 10.6. The van der Waals surface area contributed by atoms with Crippen molar-refractivity contribution in [2.75, 3.05) is 11.1 Å². The van der Waals surface area contributed by atoms with E-state index in [-0.39, 0.29) is 0 Å². The van der Waals surface area contributed by atoms with Gasteiger partial charge in [-0.2, -0.15) is 10.2 Å². The molecule has 9 nitrogen and oxygen atoms in total. The molecule has 0 unspecified atom stereocenters. The molecule has 0 amide bonds. The van der Waals surface area contributed by atoms with Crippen molar-refractivity contribution in [2.45, 2.75) is 19.8 Å². The number of fused-ring (bicyclic) bond motifs is 1. The molecule has 5 aromatic heterocycles. The lowest BCUT2D eigenvalue weighted by atomic mass is 10.0. The zero-order valence-electron chi connectivity index (χ0n) is 18.6. The smallest absolute Gasteiger partial charge is 0.154 e. The van der Waals surface area contributed by atoms with Gasteiger partial charge >= 0.3 is 0 Å². The Hall–Kier alpha value is -4.40. The third-order valence-corrected chi connectivity index (χ3v) is 5.33. The molecule has 0 aliphatic carbocycles. The molecule has 164 valence electrons. The van der Waals surface area contributed by atoms with Gasteiger partial charge in [0.2, 0.25) is 0 Å². The number of nitrogens with two attached hydrogens (primary N) is 1. The van der Waals surface area contributed by atoms with Crippen molar-refractivity contribution in [2.24, 2.45) is 7.05 Å². The van der Waals surface area contributed by atoms with Crippen LogP contribution in [-0.2, 0) is 7.05 Å². The Balaban J connectivity index is 1.52. The number of aromatic nitrogens is 7. The molecule has 0 radical (unpaired) electrons. The zero-order chi connectivity index (χ0) is 22.9. The zero-order valence-corrected chi connectivity index (χ0v) is 18.6. The fourth-order valence-corrected chi connectivity index (χ4v) is 3.62. The van der Waals surface area contributed by atoms with Crippen LogP contribution in [0.25, 0.3) is 33.4 Å². The van der Waals surface area contributed by atoms with Crippen LogP contribution in [0.1, 0.15) is 25.3 Å². The van der Waals surface area contributed by atoms with Crippen LogP contribution in [0.2, 0.25) is 0 Å². The molecule has 3 N–H and O–H groups in total. The predicted octanol–water partition coefficient (Wildman–Crippen LogP) is 4.33. The highest BCUT2D eigenvalue weighted by Gasteiger charge is 2.14. The lowest BCUT2D eigenvalue weighted by Gasteiger charge is -2.09. The molecule has 0 saturated carbocycles. The Labute approximate surface area is 190 Å². The first kappa shape index (κ1) is 20.5. The summed E-state index contributed by atoms with van der Waals surface area (Å²) in [5.74, 6) is 2.14. The van der Waals surface area contributed by atoms with Gasteiger partial charge in [0, 0.05) is 42.3 Å². The Morgan fingerprint density at radius 1 is 0.939 bits per heavy atom. The van der Waals surface area contributed by atoms with E-state index in [0.29, 0.717) is 23.4 Å². The summed E-state index contributed by atoms with van der Waals surface area (Å²) in [6.07, 6.45) is 7.25. The molecular formula is C24H23N9. The van der Waals surface area contributed by atoms with Crippen LogP contribution in [-0.4, -0.2) is 34.9 Å². The molecular weight excluding hydrogens is 414 g/mol. The van der Waals surface area contributed by atoms with Gasteiger partial charge in [0.05, 0.1) is 17.2 Å². The van der Waals surface area contributed by atoms with Crippen molar-refractivity contribution in [1.82, 2.24) is 34.9 Å². The summed E-state index contributed by atoms with van der Waals surface area (Å²) in [7, 11) is 1.89. The molecule has 0 bridgehead atoms.